The molecule has 0 saturated carbocycles. The topological polar surface area (TPSA) is 123 Å². The lowest BCUT2D eigenvalue weighted by Crippen LogP contribution is -2.22. The van der Waals surface area contributed by atoms with E-state index in [2.05, 4.69) is 10.3 Å². The van der Waals surface area contributed by atoms with E-state index in [1.54, 1.807) is 13.2 Å². The maximum absolute atomic E-state index is 11.5. The molecule has 114 valence electrons. The highest BCUT2D eigenvalue weighted by Gasteiger charge is 2.18. The fourth-order valence-corrected chi connectivity index (χ4v) is 2.44. The van der Waals surface area contributed by atoms with Gasteiger partial charge in [-0.15, -0.1) is 0 Å². The predicted molar refractivity (Wildman–Crippen MR) is 87.4 cm³/mol. The Morgan fingerprint density at radius 2 is 1.95 bits per heavy atom. The number of nitrogens with two attached hydrogens (primary N) is 2. The molecule has 0 fully saturated rings. The van der Waals surface area contributed by atoms with Gasteiger partial charge in [0.25, 0.3) is 5.91 Å². The summed E-state index contributed by atoms with van der Waals surface area (Å²) in [4.78, 5) is 25.5. The summed E-state index contributed by atoms with van der Waals surface area (Å²) < 4.78 is 5.43. The third-order valence-electron chi connectivity index (χ3n) is 3.24. The van der Waals surface area contributed by atoms with Gasteiger partial charge in [-0.2, -0.15) is 0 Å². The zero-order chi connectivity index (χ0) is 16.4. The van der Waals surface area contributed by atoms with Crippen molar-refractivity contribution < 1.29 is 14.3 Å². The lowest BCUT2D eigenvalue weighted by molar-refractivity contribution is 0.100. The molecule has 0 aliphatic rings. The van der Waals surface area contributed by atoms with Crippen LogP contribution in [0, 0.1) is 6.92 Å². The number of urea groups is 1. The normalized spacial score (nSPS) is 10.3. The van der Waals surface area contributed by atoms with Gasteiger partial charge in [-0.05, 0) is 24.5 Å². The number of carbonyl (C=O) groups is 2. The monoisotopic (exact) mass is 300 g/mol. The number of primary amides is 2. The number of methoxy groups -OCH3 is 1. The molecule has 8 heteroatoms. The van der Waals surface area contributed by atoms with Gasteiger partial charge in [0.2, 0.25) is 0 Å². The molecular weight excluding hydrogens is 283 g/mol. The van der Waals surface area contributed by atoms with Crippen LogP contribution in [-0.2, 0) is 0 Å². The van der Waals surface area contributed by atoms with Gasteiger partial charge in [-0.3, -0.25) is 10.1 Å². The van der Waals surface area contributed by atoms with E-state index in [0.29, 0.717) is 11.4 Å². The van der Waals surface area contributed by atoms with Crippen LogP contribution in [0.15, 0.2) is 18.2 Å². The summed E-state index contributed by atoms with van der Waals surface area (Å²) in [6.45, 7) is 1.95. The summed E-state index contributed by atoms with van der Waals surface area (Å²) in [5, 5.41) is 2.35. The molecule has 0 bridgehead atoms. The van der Waals surface area contributed by atoms with Crippen LogP contribution in [0.25, 0.3) is 11.3 Å². The first-order chi connectivity index (χ1) is 10.3. The van der Waals surface area contributed by atoms with E-state index in [0.717, 1.165) is 16.6 Å². The molecule has 0 unspecified atom stereocenters. The second-order valence-corrected chi connectivity index (χ2v) is 4.99. The summed E-state index contributed by atoms with van der Waals surface area (Å²) in [5.41, 5.74) is 13.9. The average molecular weight is 300 g/mol. The largest absolute Gasteiger partial charge is 0.497 e. The highest BCUT2D eigenvalue weighted by Crippen LogP contribution is 2.31. The van der Waals surface area contributed by atoms with Crippen LogP contribution >= 0.6 is 0 Å². The van der Waals surface area contributed by atoms with Crippen LogP contribution in [0.3, 0.4) is 0 Å². The summed E-state index contributed by atoms with van der Waals surface area (Å²) >= 11 is 0. The minimum atomic E-state index is -0.789. The third-order valence-corrected chi connectivity index (χ3v) is 3.24. The van der Waals surface area contributed by atoms with Gasteiger partial charge < -0.3 is 21.2 Å². The summed E-state index contributed by atoms with van der Waals surface area (Å²) in [6, 6.07) is 4.67. The molecule has 1 aromatic carbocycles. The maximum atomic E-state index is 11.5. The van der Waals surface area contributed by atoms with E-state index < -0.39 is 11.9 Å². The quantitative estimate of drug-likeness (QED) is 0.587. The molecule has 3 amide bonds. The zero-order valence-electron chi connectivity index (χ0n) is 12.6. The number of rotatable bonds is 4. The first-order valence-corrected chi connectivity index (χ1v) is 6.58. The van der Waals surface area contributed by atoms with Crippen LogP contribution in [0.4, 0.5) is 10.6 Å². The molecular formula is C14H17BN4O3. The summed E-state index contributed by atoms with van der Waals surface area (Å²) in [6.07, 6.45) is 0. The second-order valence-electron chi connectivity index (χ2n) is 4.99. The van der Waals surface area contributed by atoms with E-state index in [1.165, 1.54) is 0 Å². The lowest BCUT2D eigenvalue weighted by atomic mass is 9.90. The number of H-pyrrole nitrogens is 1. The van der Waals surface area contributed by atoms with Crippen molar-refractivity contribution >= 4 is 31.1 Å². The van der Waals surface area contributed by atoms with Gasteiger partial charge in [0.15, 0.2) is 0 Å². The Balaban J connectivity index is 2.63. The number of aromatic amines is 1. The Hall–Kier alpha value is -2.90. The van der Waals surface area contributed by atoms with Crippen molar-refractivity contribution in [3.05, 3.63) is 29.3 Å². The first-order valence-electron chi connectivity index (χ1n) is 6.58. The Morgan fingerprint density at radius 3 is 2.50 bits per heavy atom. The molecule has 0 spiro atoms. The Bertz CT molecular complexity index is 755. The van der Waals surface area contributed by atoms with Crippen LogP contribution in [0.2, 0.25) is 0 Å². The fraction of sp³-hybridized carbons (Fsp3) is 0.143. The Kier molecular flexibility index (Phi) is 4.12. The van der Waals surface area contributed by atoms with Crippen LogP contribution < -0.4 is 27.0 Å². The molecule has 2 rings (SSSR count). The maximum Gasteiger partial charge on any atom is 0.317 e. The van der Waals surface area contributed by atoms with Gasteiger partial charge >= 0.3 is 6.03 Å². The molecule has 7 nitrogen and oxygen atoms in total. The van der Waals surface area contributed by atoms with Crippen LogP contribution in [0.5, 0.6) is 5.75 Å². The van der Waals surface area contributed by atoms with Gasteiger partial charge in [-0.25, -0.2) is 4.79 Å². The number of hydrogen-bond donors (Lipinski definition) is 4. The molecule has 0 aliphatic heterocycles. The van der Waals surface area contributed by atoms with Crippen molar-refractivity contribution in [1.29, 1.82) is 0 Å². The fourth-order valence-electron chi connectivity index (χ4n) is 2.44. The van der Waals surface area contributed by atoms with Crippen LogP contribution in [0.1, 0.15) is 15.9 Å². The number of aromatic nitrogens is 1. The smallest absolute Gasteiger partial charge is 0.317 e. The molecule has 0 radical (unpaired) electrons. The van der Waals surface area contributed by atoms with Gasteiger partial charge in [-0.1, -0.05) is 11.6 Å². The minimum Gasteiger partial charge on any atom is -0.497 e. The number of hydrogen-bond acceptors (Lipinski definition) is 3. The molecule has 1 aromatic heterocycles. The number of amides is 3. The van der Waals surface area contributed by atoms with E-state index in [-0.39, 0.29) is 11.4 Å². The number of anilines is 1. The highest BCUT2D eigenvalue weighted by atomic mass is 16.5. The van der Waals surface area contributed by atoms with Gasteiger partial charge in [0, 0.05) is 5.56 Å². The van der Waals surface area contributed by atoms with E-state index >= 15 is 0 Å². The van der Waals surface area contributed by atoms with E-state index in [9.17, 15) is 9.59 Å². The van der Waals surface area contributed by atoms with E-state index in [1.807, 2.05) is 26.9 Å². The van der Waals surface area contributed by atoms with Crippen molar-refractivity contribution in [1.82, 2.24) is 4.98 Å². The molecule has 0 atom stereocenters. The second kappa shape index (κ2) is 5.84. The van der Waals surface area contributed by atoms with Crippen molar-refractivity contribution in [3.8, 4) is 17.0 Å². The van der Waals surface area contributed by atoms with Crippen molar-refractivity contribution in [2.24, 2.45) is 11.5 Å². The number of nitrogens with one attached hydrogen (secondary N) is 2. The molecule has 0 aliphatic carbocycles. The van der Waals surface area contributed by atoms with Gasteiger partial charge in [0.05, 0.1) is 18.4 Å². The van der Waals surface area contributed by atoms with Crippen molar-refractivity contribution in [2.75, 3.05) is 12.4 Å². The number of ether oxygens (including phenoxy) is 1. The summed E-state index contributed by atoms with van der Waals surface area (Å²) in [7, 11) is 3.50. The van der Waals surface area contributed by atoms with Crippen LogP contribution in [-0.4, -0.2) is 31.9 Å². The highest BCUT2D eigenvalue weighted by molar-refractivity contribution is 6.35. The molecule has 1 heterocycles. The molecule has 6 N–H and O–H groups in total. The van der Waals surface area contributed by atoms with Crippen molar-refractivity contribution in [3.63, 3.8) is 0 Å². The molecule has 2 aromatic rings. The van der Waals surface area contributed by atoms with E-state index in [4.69, 9.17) is 16.2 Å². The van der Waals surface area contributed by atoms with Gasteiger partial charge in [0.1, 0.15) is 19.4 Å². The average Bonchev–Trinajstić information content (AvgIpc) is 2.81. The predicted octanol–water partition coefficient (Wildman–Crippen LogP) is -0.153. The SMILES string of the molecule is Bc1cc(C)cc(-c2cc(C(N)=O)c(NC(N)=O)[nH]2)c1OC. The number of benzene rings is 1. The zero-order valence-corrected chi connectivity index (χ0v) is 12.6. The van der Waals surface area contributed by atoms with Crippen molar-refractivity contribution in [2.45, 2.75) is 6.92 Å². The molecule has 22 heavy (non-hydrogen) atoms. The molecule has 0 saturated heterocycles. The summed E-state index contributed by atoms with van der Waals surface area (Å²) in [5.74, 6) is 0.166. The standard InChI is InChI=1S/C14H17BN4O3/c1-6-3-7(11(22-2)9(15)4-6)10-5-8(12(16)20)13(18-10)19-14(17)21/h3-5,18H,15H2,1-2H3,(H2,16,20)(H3,17,19,21). The number of aryl methyl sites for hydroxylation is 1. The number of carbonyl (C=O) groups excluding carboxylic acids is 2. The minimum absolute atomic E-state index is 0.148. The first kappa shape index (κ1) is 15.5. The Morgan fingerprint density at radius 1 is 1.27 bits per heavy atom. The lowest BCUT2D eigenvalue weighted by Gasteiger charge is -2.12. The third kappa shape index (κ3) is 2.90. The Labute approximate surface area is 128 Å².